The molecule has 4 aromatic rings. The number of carbonyl (C=O) groups excluding carboxylic acids is 4. The Kier molecular flexibility index (Phi) is 10.6. The van der Waals surface area contributed by atoms with Gasteiger partial charge in [-0.25, -0.2) is 0 Å². The molecule has 248 valence electrons. The van der Waals surface area contributed by atoms with Crippen molar-refractivity contribution < 1.29 is 34.2 Å². The predicted octanol–water partition coefficient (Wildman–Crippen LogP) is 1.43. The van der Waals surface area contributed by atoms with Crippen molar-refractivity contribution in [1.82, 2.24) is 30.8 Å². The number of pyridine rings is 1. The maximum Gasteiger partial charge on any atom is 0.322 e. The van der Waals surface area contributed by atoms with Crippen molar-refractivity contribution in [3.8, 4) is 5.75 Å². The van der Waals surface area contributed by atoms with E-state index in [1.54, 1.807) is 18.3 Å². The lowest BCUT2D eigenvalue weighted by atomic mass is 10.0. The first-order valence-electron chi connectivity index (χ1n) is 15.0. The van der Waals surface area contributed by atoms with E-state index in [0.29, 0.717) is 17.5 Å². The molecular formula is C33H38N6O8. The fraction of sp³-hybridized carbons (Fsp3) is 0.333. The minimum atomic E-state index is -1.32. The highest BCUT2D eigenvalue weighted by Crippen LogP contribution is 2.27. The van der Waals surface area contributed by atoms with E-state index in [9.17, 15) is 33.9 Å². The molecule has 0 saturated heterocycles. The van der Waals surface area contributed by atoms with E-state index in [0.717, 1.165) is 21.0 Å². The number of nitrogens with one attached hydrogen (secondary N) is 5. The number of nitrogens with zero attached hydrogens (tertiary/aromatic N) is 1. The molecule has 2 atom stereocenters. The van der Waals surface area contributed by atoms with E-state index < -0.39 is 65.1 Å². The summed E-state index contributed by atoms with van der Waals surface area (Å²) in [6, 6.07) is 10.4. The van der Waals surface area contributed by atoms with Crippen LogP contribution in [0.5, 0.6) is 5.75 Å². The Morgan fingerprint density at radius 1 is 0.936 bits per heavy atom. The van der Waals surface area contributed by atoms with Gasteiger partial charge in [-0.2, -0.15) is 0 Å². The molecule has 2 aromatic carbocycles. The zero-order chi connectivity index (χ0) is 34.4. The number of aromatic nitrogens is 2. The molecule has 0 bridgehead atoms. The van der Waals surface area contributed by atoms with E-state index in [1.165, 1.54) is 20.0 Å². The minimum Gasteiger partial charge on any atom is -0.506 e. The maximum absolute atomic E-state index is 13.5. The Labute approximate surface area is 269 Å². The first kappa shape index (κ1) is 34.2. The lowest BCUT2D eigenvalue weighted by Crippen LogP contribution is -2.54. The summed E-state index contributed by atoms with van der Waals surface area (Å²) in [4.78, 5) is 78.2. The van der Waals surface area contributed by atoms with Gasteiger partial charge in [-0.3, -0.25) is 28.8 Å². The second-order valence-electron chi connectivity index (χ2n) is 11.7. The van der Waals surface area contributed by atoms with E-state index in [1.807, 2.05) is 38.1 Å². The van der Waals surface area contributed by atoms with Crippen LogP contribution in [0.4, 0.5) is 0 Å². The summed E-state index contributed by atoms with van der Waals surface area (Å²) < 4.78 is 1.16. The van der Waals surface area contributed by atoms with Crippen LogP contribution in [-0.4, -0.2) is 68.0 Å². The number of aryl methyl sites for hydroxylation is 1. The first-order valence-corrected chi connectivity index (χ1v) is 15.0. The Bertz CT molecular complexity index is 1910. The smallest absolute Gasteiger partial charge is 0.322 e. The number of fused-ring (bicyclic) bond motifs is 2. The number of para-hydroxylation sites is 1. The summed E-state index contributed by atoms with van der Waals surface area (Å²) in [5.41, 5.74) is 1.13. The van der Waals surface area contributed by atoms with E-state index in [4.69, 9.17) is 5.11 Å². The molecule has 0 radical (unpaired) electrons. The number of rotatable bonds is 13. The number of carbonyl (C=O) groups is 5. The summed E-state index contributed by atoms with van der Waals surface area (Å²) in [7, 11) is 1.41. The van der Waals surface area contributed by atoms with Crippen LogP contribution >= 0.6 is 0 Å². The number of carboxylic acid groups (broad SMARTS) is 1. The zero-order valence-corrected chi connectivity index (χ0v) is 26.5. The fourth-order valence-electron chi connectivity index (χ4n) is 5.40. The number of H-pyrrole nitrogens is 1. The van der Waals surface area contributed by atoms with Crippen molar-refractivity contribution >= 4 is 51.4 Å². The Morgan fingerprint density at radius 2 is 1.66 bits per heavy atom. The lowest BCUT2D eigenvalue weighted by molar-refractivity contribution is -0.135. The van der Waals surface area contributed by atoms with Gasteiger partial charge in [0.1, 0.15) is 29.9 Å². The summed E-state index contributed by atoms with van der Waals surface area (Å²) in [6.45, 7) is 4.37. The predicted molar refractivity (Wildman–Crippen MR) is 174 cm³/mol. The molecule has 0 aliphatic heterocycles. The molecule has 14 heteroatoms. The largest absolute Gasteiger partial charge is 0.506 e. The standard InChI is InChI=1S/C33H38N6O8/c1-17(2)11-24(38-31(45)25(37-18(3)40)13-20-15-34-23-8-6-5-7-21(20)23)30(44)35-14-19-9-10-26-22(12-19)29(43)28(33(47)39(26)4)32(46)36-16-27(41)42/h5-10,12,15,17,24-25,34,43H,11,13-14,16H2,1-4H3,(H,35,44)(H,36,46)(H,37,40)(H,38,45)(H,41,42)/t24-,25-/m0/s1. The van der Waals surface area contributed by atoms with Gasteiger partial charge in [-0.1, -0.05) is 38.1 Å². The monoisotopic (exact) mass is 646 g/mol. The Balaban J connectivity index is 1.52. The average molecular weight is 647 g/mol. The van der Waals surface area contributed by atoms with E-state index in [-0.39, 0.29) is 24.3 Å². The number of aliphatic carboxylic acids is 1. The number of aromatic amines is 1. The molecule has 2 heterocycles. The highest BCUT2D eigenvalue weighted by atomic mass is 16.4. The van der Waals surface area contributed by atoms with Gasteiger partial charge in [0, 0.05) is 49.4 Å². The van der Waals surface area contributed by atoms with E-state index in [2.05, 4.69) is 26.3 Å². The quantitative estimate of drug-likeness (QED) is 0.113. The van der Waals surface area contributed by atoms with Crippen LogP contribution in [0.3, 0.4) is 0 Å². The maximum atomic E-state index is 13.5. The van der Waals surface area contributed by atoms with Gasteiger partial charge in [0.2, 0.25) is 17.7 Å². The molecule has 0 aliphatic carbocycles. The first-order chi connectivity index (χ1) is 22.3. The van der Waals surface area contributed by atoms with Crippen molar-refractivity contribution in [2.24, 2.45) is 13.0 Å². The van der Waals surface area contributed by atoms with Gasteiger partial charge >= 0.3 is 5.97 Å². The third kappa shape index (κ3) is 8.14. The second-order valence-corrected chi connectivity index (χ2v) is 11.7. The molecule has 7 N–H and O–H groups in total. The van der Waals surface area contributed by atoms with Crippen molar-refractivity contribution in [3.05, 3.63) is 75.7 Å². The Morgan fingerprint density at radius 3 is 2.34 bits per heavy atom. The van der Waals surface area contributed by atoms with Gasteiger partial charge in [0.25, 0.3) is 11.5 Å². The highest BCUT2D eigenvalue weighted by molar-refractivity contribution is 6.03. The molecule has 4 amide bonds. The van der Waals surface area contributed by atoms with Crippen LogP contribution in [0, 0.1) is 5.92 Å². The SMILES string of the molecule is CC(=O)N[C@@H](Cc1c[nH]c2ccccc12)C(=O)N[C@@H](CC(C)C)C(=O)NCc1ccc2c(c1)c(O)c(C(=O)NCC(=O)O)c(=O)n2C. The van der Waals surface area contributed by atoms with Gasteiger partial charge in [-0.05, 0) is 41.7 Å². The van der Waals surface area contributed by atoms with Crippen LogP contribution in [0.25, 0.3) is 21.8 Å². The normalized spacial score (nSPS) is 12.4. The summed E-state index contributed by atoms with van der Waals surface area (Å²) in [6.07, 6.45) is 2.30. The van der Waals surface area contributed by atoms with Crippen LogP contribution in [0.1, 0.15) is 48.7 Å². The number of benzene rings is 2. The number of aromatic hydroxyl groups is 1. The van der Waals surface area contributed by atoms with Gasteiger partial charge in [0.05, 0.1) is 5.52 Å². The highest BCUT2D eigenvalue weighted by Gasteiger charge is 2.28. The van der Waals surface area contributed by atoms with Crippen molar-refractivity contribution in [2.75, 3.05) is 6.54 Å². The molecule has 0 aliphatic rings. The summed E-state index contributed by atoms with van der Waals surface area (Å²) in [5, 5.41) is 31.1. The third-order valence-electron chi connectivity index (χ3n) is 7.66. The number of carboxylic acids is 1. The molecule has 0 spiro atoms. The van der Waals surface area contributed by atoms with Crippen LogP contribution in [0.2, 0.25) is 0 Å². The lowest BCUT2D eigenvalue weighted by Gasteiger charge is -2.24. The molecule has 47 heavy (non-hydrogen) atoms. The number of hydrogen-bond acceptors (Lipinski definition) is 7. The molecule has 14 nitrogen and oxygen atoms in total. The van der Waals surface area contributed by atoms with E-state index >= 15 is 0 Å². The Hall–Kier alpha value is -5.66. The molecule has 4 rings (SSSR count). The van der Waals surface area contributed by atoms with Crippen molar-refractivity contribution in [3.63, 3.8) is 0 Å². The second kappa shape index (κ2) is 14.6. The van der Waals surface area contributed by atoms with Crippen molar-refractivity contribution in [2.45, 2.75) is 52.2 Å². The summed E-state index contributed by atoms with van der Waals surface area (Å²) >= 11 is 0. The van der Waals surface area contributed by atoms with Crippen molar-refractivity contribution in [1.29, 1.82) is 0 Å². The van der Waals surface area contributed by atoms with Gasteiger partial charge in [0.15, 0.2) is 0 Å². The number of amides is 4. The summed E-state index contributed by atoms with van der Waals surface area (Å²) in [5.74, 6) is -4.34. The van der Waals surface area contributed by atoms with Crippen LogP contribution in [-0.2, 0) is 39.2 Å². The van der Waals surface area contributed by atoms with Gasteiger partial charge < -0.3 is 41.0 Å². The third-order valence-corrected chi connectivity index (χ3v) is 7.66. The fourth-order valence-corrected chi connectivity index (χ4v) is 5.40. The zero-order valence-electron chi connectivity index (χ0n) is 26.5. The molecule has 0 unspecified atom stereocenters. The topological polar surface area (TPSA) is 212 Å². The van der Waals surface area contributed by atoms with Crippen LogP contribution < -0.4 is 26.8 Å². The average Bonchev–Trinajstić information content (AvgIpc) is 3.43. The van der Waals surface area contributed by atoms with Gasteiger partial charge in [-0.15, -0.1) is 0 Å². The number of hydrogen-bond donors (Lipinski definition) is 7. The van der Waals surface area contributed by atoms with Crippen LogP contribution in [0.15, 0.2) is 53.5 Å². The molecular weight excluding hydrogens is 608 g/mol. The molecule has 0 fully saturated rings. The molecule has 2 aromatic heterocycles. The molecule has 0 saturated carbocycles. The minimum absolute atomic E-state index is 0.0213.